The first kappa shape index (κ1) is 14.1. The third-order valence-electron chi connectivity index (χ3n) is 2.96. The topological polar surface area (TPSA) is 36.4 Å². The molecular formula is C14H24N2O. The molecule has 96 valence electrons. The number of hydrogen-bond acceptors (Lipinski definition) is 3. The summed E-state index contributed by atoms with van der Waals surface area (Å²) in [5, 5.41) is 10.00. The fourth-order valence-corrected chi connectivity index (χ4v) is 1.51. The summed E-state index contributed by atoms with van der Waals surface area (Å²) < 4.78 is 0. The van der Waals surface area contributed by atoms with Crippen LogP contribution < -0.4 is 0 Å². The average molecular weight is 236 g/mol. The number of hydrogen-bond donors (Lipinski definition) is 1. The highest BCUT2D eigenvalue weighted by molar-refractivity contribution is 5.03. The van der Waals surface area contributed by atoms with Gasteiger partial charge in [-0.05, 0) is 24.6 Å². The Kier molecular flexibility index (Phi) is 5.09. The van der Waals surface area contributed by atoms with Crippen LogP contribution in [0.4, 0.5) is 0 Å². The third kappa shape index (κ3) is 5.29. The Hall–Kier alpha value is -0.930. The van der Waals surface area contributed by atoms with Crippen LogP contribution in [-0.2, 0) is 6.42 Å². The van der Waals surface area contributed by atoms with E-state index < -0.39 is 0 Å². The lowest BCUT2D eigenvalue weighted by Crippen LogP contribution is -2.38. The van der Waals surface area contributed by atoms with Crippen molar-refractivity contribution in [3.63, 3.8) is 0 Å². The van der Waals surface area contributed by atoms with E-state index in [-0.39, 0.29) is 11.5 Å². The molecule has 1 aromatic rings. The Bertz CT molecular complexity index is 319. The first-order valence-electron chi connectivity index (χ1n) is 6.16. The second-order valence-electron chi connectivity index (χ2n) is 5.72. The maximum Gasteiger partial charge on any atom is 0.0715 e. The quantitative estimate of drug-likeness (QED) is 0.849. The number of pyridine rings is 1. The molecule has 0 saturated carbocycles. The zero-order valence-electron chi connectivity index (χ0n) is 11.3. The molecule has 17 heavy (non-hydrogen) atoms. The summed E-state index contributed by atoms with van der Waals surface area (Å²) in [5.74, 6) is 0. The highest BCUT2D eigenvalue weighted by atomic mass is 16.3. The molecule has 0 spiro atoms. The Morgan fingerprint density at radius 3 is 2.59 bits per heavy atom. The van der Waals surface area contributed by atoms with Gasteiger partial charge in [-0.3, -0.25) is 4.98 Å². The van der Waals surface area contributed by atoms with Gasteiger partial charge in [0, 0.05) is 31.4 Å². The van der Waals surface area contributed by atoms with Crippen molar-refractivity contribution in [2.75, 3.05) is 20.1 Å². The number of likely N-dealkylation sites (N-methyl/N-ethyl adjacent to an activating group) is 1. The molecule has 0 radical (unpaired) electrons. The van der Waals surface area contributed by atoms with Gasteiger partial charge in [0.2, 0.25) is 0 Å². The van der Waals surface area contributed by atoms with E-state index in [0.717, 1.165) is 18.7 Å². The van der Waals surface area contributed by atoms with Crippen LogP contribution in [-0.4, -0.2) is 41.2 Å². The Morgan fingerprint density at radius 2 is 2.06 bits per heavy atom. The van der Waals surface area contributed by atoms with Crippen LogP contribution in [0.25, 0.3) is 0 Å². The highest BCUT2D eigenvalue weighted by Crippen LogP contribution is 2.19. The van der Waals surface area contributed by atoms with Crippen molar-refractivity contribution in [1.82, 2.24) is 9.88 Å². The van der Waals surface area contributed by atoms with Crippen molar-refractivity contribution in [3.8, 4) is 0 Å². The molecule has 0 amide bonds. The van der Waals surface area contributed by atoms with Gasteiger partial charge in [-0.15, -0.1) is 0 Å². The molecular weight excluding hydrogens is 212 g/mol. The number of aliphatic hydroxyl groups excluding tert-OH is 1. The second kappa shape index (κ2) is 6.12. The molecule has 0 aliphatic rings. The van der Waals surface area contributed by atoms with Crippen molar-refractivity contribution < 1.29 is 5.11 Å². The molecule has 0 aliphatic heterocycles. The summed E-state index contributed by atoms with van der Waals surface area (Å²) in [6.45, 7) is 7.80. The molecule has 1 atom stereocenters. The number of aliphatic hydroxyl groups is 1. The summed E-state index contributed by atoms with van der Waals surface area (Å²) in [6, 6.07) is 5.97. The van der Waals surface area contributed by atoms with E-state index in [1.54, 1.807) is 0 Å². The van der Waals surface area contributed by atoms with Gasteiger partial charge < -0.3 is 10.0 Å². The van der Waals surface area contributed by atoms with Crippen molar-refractivity contribution in [3.05, 3.63) is 30.1 Å². The molecule has 1 unspecified atom stereocenters. The Balaban J connectivity index is 2.33. The molecule has 1 heterocycles. The van der Waals surface area contributed by atoms with Gasteiger partial charge in [-0.2, -0.15) is 0 Å². The monoisotopic (exact) mass is 236 g/mol. The fraction of sp³-hybridized carbons (Fsp3) is 0.643. The van der Waals surface area contributed by atoms with Crippen LogP contribution in [0.15, 0.2) is 24.4 Å². The molecule has 3 nitrogen and oxygen atoms in total. The van der Waals surface area contributed by atoms with Crippen LogP contribution in [0.3, 0.4) is 0 Å². The standard InChI is InChI=1S/C14H24N2O/c1-14(2,3)13(17)11-16(4)10-8-12-7-5-6-9-15-12/h5-7,9,13,17H,8,10-11H2,1-4H3. The zero-order valence-corrected chi connectivity index (χ0v) is 11.3. The molecule has 1 aromatic heterocycles. The van der Waals surface area contributed by atoms with Gasteiger partial charge in [0.1, 0.15) is 0 Å². The molecule has 0 fully saturated rings. The number of aromatic nitrogens is 1. The van der Waals surface area contributed by atoms with Crippen LogP contribution in [0.2, 0.25) is 0 Å². The summed E-state index contributed by atoms with van der Waals surface area (Å²) in [7, 11) is 2.04. The van der Waals surface area contributed by atoms with Gasteiger partial charge >= 0.3 is 0 Å². The molecule has 1 N–H and O–H groups in total. The van der Waals surface area contributed by atoms with Gasteiger partial charge in [-0.25, -0.2) is 0 Å². The smallest absolute Gasteiger partial charge is 0.0715 e. The Morgan fingerprint density at radius 1 is 1.35 bits per heavy atom. The van der Waals surface area contributed by atoms with Crippen LogP contribution in [0, 0.1) is 5.41 Å². The van der Waals surface area contributed by atoms with E-state index in [0.29, 0.717) is 6.54 Å². The minimum Gasteiger partial charge on any atom is -0.391 e. The molecule has 0 saturated heterocycles. The predicted molar refractivity (Wildman–Crippen MR) is 70.9 cm³/mol. The van der Waals surface area contributed by atoms with E-state index in [9.17, 15) is 5.11 Å². The maximum absolute atomic E-state index is 10.00. The second-order valence-corrected chi connectivity index (χ2v) is 5.72. The third-order valence-corrected chi connectivity index (χ3v) is 2.96. The van der Waals surface area contributed by atoms with Crippen molar-refractivity contribution >= 4 is 0 Å². The predicted octanol–water partition coefficient (Wildman–Crippen LogP) is 1.96. The summed E-state index contributed by atoms with van der Waals surface area (Å²) in [6.07, 6.45) is 2.45. The lowest BCUT2D eigenvalue weighted by Gasteiger charge is -2.29. The highest BCUT2D eigenvalue weighted by Gasteiger charge is 2.23. The van der Waals surface area contributed by atoms with Crippen LogP contribution >= 0.6 is 0 Å². The van der Waals surface area contributed by atoms with Crippen molar-refractivity contribution in [1.29, 1.82) is 0 Å². The first-order chi connectivity index (χ1) is 7.89. The van der Waals surface area contributed by atoms with Gasteiger partial charge in [0.15, 0.2) is 0 Å². The molecule has 3 heteroatoms. The summed E-state index contributed by atoms with van der Waals surface area (Å²) >= 11 is 0. The van der Waals surface area contributed by atoms with Gasteiger partial charge in [-0.1, -0.05) is 26.8 Å². The minimum atomic E-state index is -0.295. The van der Waals surface area contributed by atoms with E-state index >= 15 is 0 Å². The minimum absolute atomic E-state index is 0.0563. The molecule has 0 bridgehead atoms. The molecule has 0 aliphatic carbocycles. The summed E-state index contributed by atoms with van der Waals surface area (Å²) in [4.78, 5) is 6.45. The SMILES string of the molecule is CN(CCc1ccccn1)CC(O)C(C)(C)C. The van der Waals surface area contributed by atoms with Crippen molar-refractivity contribution in [2.45, 2.75) is 33.3 Å². The van der Waals surface area contributed by atoms with Gasteiger partial charge in [0.05, 0.1) is 6.10 Å². The average Bonchev–Trinajstić information content (AvgIpc) is 2.26. The normalized spacial score (nSPS) is 14.0. The number of rotatable bonds is 5. The van der Waals surface area contributed by atoms with E-state index in [1.807, 2.05) is 31.4 Å². The molecule has 0 aromatic carbocycles. The largest absolute Gasteiger partial charge is 0.391 e. The summed E-state index contributed by atoms with van der Waals surface area (Å²) in [5.41, 5.74) is 1.05. The first-order valence-corrected chi connectivity index (χ1v) is 6.16. The van der Waals surface area contributed by atoms with E-state index in [2.05, 4.69) is 30.7 Å². The van der Waals surface area contributed by atoms with Crippen molar-refractivity contribution in [2.24, 2.45) is 5.41 Å². The lowest BCUT2D eigenvalue weighted by molar-refractivity contribution is 0.0353. The number of nitrogens with zero attached hydrogens (tertiary/aromatic N) is 2. The zero-order chi connectivity index (χ0) is 12.9. The fourth-order valence-electron chi connectivity index (χ4n) is 1.51. The maximum atomic E-state index is 10.00. The molecule has 1 rings (SSSR count). The van der Waals surface area contributed by atoms with Crippen LogP contribution in [0.5, 0.6) is 0 Å². The van der Waals surface area contributed by atoms with Crippen LogP contribution in [0.1, 0.15) is 26.5 Å². The van der Waals surface area contributed by atoms with E-state index in [4.69, 9.17) is 0 Å². The lowest BCUT2D eigenvalue weighted by atomic mass is 9.89. The van der Waals surface area contributed by atoms with E-state index in [1.165, 1.54) is 0 Å². The van der Waals surface area contributed by atoms with Gasteiger partial charge in [0.25, 0.3) is 0 Å². The Labute approximate surface area is 104 Å².